The molecule has 1 aromatic rings. The first-order valence-corrected chi connectivity index (χ1v) is 6.27. The molecule has 4 nitrogen and oxygen atoms in total. The number of hydrogen-bond acceptors (Lipinski definition) is 2. The molecule has 0 radical (unpaired) electrons. The molecule has 1 heterocycles. The first kappa shape index (κ1) is 13.7. The monoisotopic (exact) mass is 253 g/mol. The van der Waals surface area contributed by atoms with Gasteiger partial charge >= 0.3 is 0 Å². The molecule has 1 aromatic heterocycles. The Bertz CT molecular complexity index is 376. The number of aromatic amines is 1. The van der Waals surface area contributed by atoms with Crippen LogP contribution in [0.15, 0.2) is 12.3 Å². The third kappa shape index (κ3) is 3.56. The number of aldehydes is 1. The Kier molecular flexibility index (Phi) is 5.69. The quantitative estimate of drug-likeness (QED) is 0.464. The highest BCUT2D eigenvalue weighted by atomic mass is 32.1. The Morgan fingerprint density at radius 1 is 1.59 bits per heavy atom. The Morgan fingerprint density at radius 3 is 2.94 bits per heavy atom. The van der Waals surface area contributed by atoms with E-state index in [1.807, 2.05) is 11.0 Å². The van der Waals surface area contributed by atoms with Crippen LogP contribution >= 0.6 is 12.2 Å². The minimum Gasteiger partial charge on any atom is -0.365 e. The molecule has 0 fully saturated rings. The van der Waals surface area contributed by atoms with Crippen molar-refractivity contribution >= 4 is 29.3 Å². The standard InChI is InChI=1S/C12H19N3OS/c1-3-4-5-8-15(12(17)13-2)11-6-7-14-10(11)9-16/h6-7,9,14H,3-5,8H2,1-2H3,(H,13,17). The van der Waals surface area contributed by atoms with Crippen molar-refractivity contribution in [3.63, 3.8) is 0 Å². The van der Waals surface area contributed by atoms with E-state index in [2.05, 4.69) is 17.2 Å². The molecule has 0 aliphatic heterocycles. The summed E-state index contributed by atoms with van der Waals surface area (Å²) >= 11 is 5.27. The molecule has 0 unspecified atom stereocenters. The lowest BCUT2D eigenvalue weighted by Gasteiger charge is -2.24. The van der Waals surface area contributed by atoms with Gasteiger partial charge in [0.15, 0.2) is 11.4 Å². The SMILES string of the molecule is CCCCCN(C(=S)NC)c1cc[nH]c1C=O. The fraction of sp³-hybridized carbons (Fsp3) is 0.500. The molecule has 0 spiro atoms. The second-order valence-corrected chi connectivity index (χ2v) is 4.20. The van der Waals surface area contributed by atoms with Crippen LogP contribution < -0.4 is 10.2 Å². The molecule has 0 saturated carbocycles. The summed E-state index contributed by atoms with van der Waals surface area (Å²) in [4.78, 5) is 15.8. The number of carbonyl (C=O) groups is 1. The van der Waals surface area contributed by atoms with E-state index < -0.39 is 0 Å². The van der Waals surface area contributed by atoms with Gasteiger partial charge in [0.2, 0.25) is 0 Å². The van der Waals surface area contributed by atoms with Gasteiger partial charge in [-0.25, -0.2) is 0 Å². The van der Waals surface area contributed by atoms with E-state index in [0.29, 0.717) is 10.8 Å². The van der Waals surface area contributed by atoms with Crippen LogP contribution in [0.25, 0.3) is 0 Å². The highest BCUT2D eigenvalue weighted by Gasteiger charge is 2.14. The summed E-state index contributed by atoms with van der Waals surface area (Å²) in [6.07, 6.45) is 5.95. The van der Waals surface area contributed by atoms with E-state index >= 15 is 0 Å². The van der Waals surface area contributed by atoms with Crippen LogP contribution in [-0.4, -0.2) is 30.0 Å². The summed E-state index contributed by atoms with van der Waals surface area (Å²) in [5, 5.41) is 3.60. The maximum Gasteiger partial charge on any atom is 0.173 e. The first-order chi connectivity index (χ1) is 8.24. The molecule has 0 bridgehead atoms. The van der Waals surface area contributed by atoms with Gasteiger partial charge in [-0.3, -0.25) is 4.79 Å². The smallest absolute Gasteiger partial charge is 0.173 e. The van der Waals surface area contributed by atoms with Crippen molar-refractivity contribution < 1.29 is 4.79 Å². The third-order valence-electron chi connectivity index (χ3n) is 2.61. The fourth-order valence-electron chi connectivity index (χ4n) is 1.69. The van der Waals surface area contributed by atoms with E-state index in [4.69, 9.17) is 12.2 Å². The minimum absolute atomic E-state index is 0.569. The number of thiocarbonyl (C=S) groups is 1. The molecule has 94 valence electrons. The summed E-state index contributed by atoms with van der Waals surface area (Å²) < 4.78 is 0. The van der Waals surface area contributed by atoms with E-state index in [9.17, 15) is 4.79 Å². The number of H-pyrrole nitrogens is 1. The lowest BCUT2D eigenvalue weighted by atomic mass is 10.2. The number of aromatic nitrogens is 1. The predicted octanol–water partition coefficient (Wildman–Crippen LogP) is 2.33. The van der Waals surface area contributed by atoms with Crippen molar-refractivity contribution in [2.45, 2.75) is 26.2 Å². The largest absolute Gasteiger partial charge is 0.365 e. The second kappa shape index (κ2) is 7.06. The Hall–Kier alpha value is -1.36. The van der Waals surface area contributed by atoms with Gasteiger partial charge < -0.3 is 15.2 Å². The average Bonchev–Trinajstić information content (AvgIpc) is 2.81. The second-order valence-electron chi connectivity index (χ2n) is 3.81. The molecule has 0 aromatic carbocycles. The average molecular weight is 253 g/mol. The molecule has 5 heteroatoms. The van der Waals surface area contributed by atoms with E-state index in [1.54, 1.807) is 13.2 Å². The molecule has 0 aliphatic rings. The summed E-state index contributed by atoms with van der Waals surface area (Å²) in [5.74, 6) is 0. The number of unbranched alkanes of at least 4 members (excludes halogenated alkanes) is 2. The number of hydrogen-bond donors (Lipinski definition) is 2. The zero-order valence-corrected chi connectivity index (χ0v) is 11.1. The Morgan fingerprint density at radius 2 is 2.35 bits per heavy atom. The molecule has 1 rings (SSSR count). The van der Waals surface area contributed by atoms with Crippen LogP contribution in [0.1, 0.15) is 36.7 Å². The van der Waals surface area contributed by atoms with Crippen molar-refractivity contribution in [3.05, 3.63) is 18.0 Å². The summed E-state index contributed by atoms with van der Waals surface area (Å²) in [6.45, 7) is 2.99. The van der Waals surface area contributed by atoms with Gasteiger partial charge in [0.25, 0.3) is 0 Å². The maximum atomic E-state index is 10.9. The van der Waals surface area contributed by atoms with Crippen molar-refractivity contribution in [3.8, 4) is 0 Å². The van der Waals surface area contributed by atoms with Crippen LogP contribution in [0.2, 0.25) is 0 Å². The number of nitrogens with zero attached hydrogens (tertiary/aromatic N) is 1. The fourth-order valence-corrected chi connectivity index (χ4v) is 1.88. The van der Waals surface area contributed by atoms with Crippen molar-refractivity contribution in [1.29, 1.82) is 0 Å². The molecule has 17 heavy (non-hydrogen) atoms. The highest BCUT2D eigenvalue weighted by Crippen LogP contribution is 2.19. The lowest BCUT2D eigenvalue weighted by molar-refractivity contribution is 0.112. The minimum atomic E-state index is 0.569. The summed E-state index contributed by atoms with van der Waals surface area (Å²) in [7, 11) is 1.79. The summed E-state index contributed by atoms with van der Waals surface area (Å²) in [5.41, 5.74) is 1.41. The Balaban J connectivity index is 2.82. The van der Waals surface area contributed by atoms with Crippen LogP contribution in [-0.2, 0) is 0 Å². The van der Waals surface area contributed by atoms with Gasteiger partial charge in [-0.1, -0.05) is 19.8 Å². The maximum absolute atomic E-state index is 10.9. The van der Waals surface area contributed by atoms with Gasteiger partial charge in [-0.15, -0.1) is 0 Å². The highest BCUT2D eigenvalue weighted by molar-refractivity contribution is 7.80. The van der Waals surface area contributed by atoms with E-state index in [1.165, 1.54) is 0 Å². The number of anilines is 1. The van der Waals surface area contributed by atoms with Crippen molar-refractivity contribution in [2.24, 2.45) is 0 Å². The van der Waals surface area contributed by atoms with E-state index in [-0.39, 0.29) is 0 Å². The van der Waals surface area contributed by atoms with Gasteiger partial charge in [0.05, 0.1) is 5.69 Å². The van der Waals surface area contributed by atoms with Gasteiger partial charge in [-0.05, 0) is 24.7 Å². The predicted molar refractivity (Wildman–Crippen MR) is 74.7 cm³/mol. The van der Waals surface area contributed by atoms with Crippen LogP contribution in [0.4, 0.5) is 5.69 Å². The van der Waals surface area contributed by atoms with Crippen LogP contribution in [0, 0.1) is 0 Å². The summed E-state index contributed by atoms with van der Waals surface area (Å²) in [6, 6.07) is 1.87. The molecular weight excluding hydrogens is 234 g/mol. The van der Waals surface area contributed by atoms with Crippen molar-refractivity contribution in [1.82, 2.24) is 10.3 Å². The molecule has 0 amide bonds. The molecule has 0 saturated heterocycles. The van der Waals surface area contributed by atoms with Crippen LogP contribution in [0.5, 0.6) is 0 Å². The molecule has 2 N–H and O–H groups in total. The van der Waals surface area contributed by atoms with Crippen LogP contribution in [0.3, 0.4) is 0 Å². The van der Waals surface area contributed by atoms with Gasteiger partial charge in [-0.2, -0.15) is 0 Å². The normalized spacial score (nSPS) is 10.0. The lowest BCUT2D eigenvalue weighted by Crippen LogP contribution is -2.38. The van der Waals surface area contributed by atoms with Crippen molar-refractivity contribution in [2.75, 3.05) is 18.5 Å². The van der Waals surface area contributed by atoms with Gasteiger partial charge in [0, 0.05) is 19.8 Å². The molecule has 0 atom stereocenters. The zero-order chi connectivity index (χ0) is 12.7. The van der Waals surface area contributed by atoms with Gasteiger partial charge in [0.1, 0.15) is 5.69 Å². The third-order valence-corrected chi connectivity index (χ3v) is 3.03. The molecular formula is C12H19N3OS. The Labute approximate surface area is 107 Å². The number of nitrogens with one attached hydrogen (secondary N) is 2. The first-order valence-electron chi connectivity index (χ1n) is 5.86. The zero-order valence-electron chi connectivity index (χ0n) is 10.3. The topological polar surface area (TPSA) is 48.1 Å². The van der Waals surface area contributed by atoms with E-state index in [0.717, 1.165) is 37.8 Å². The number of carbonyl (C=O) groups excluding carboxylic acids is 1. The molecule has 0 aliphatic carbocycles. The number of rotatable bonds is 6.